The molecule has 0 aromatic carbocycles. The van der Waals surface area contributed by atoms with Crippen LogP contribution in [0.5, 0.6) is 0 Å². The topological polar surface area (TPSA) is 51.0 Å². The van der Waals surface area contributed by atoms with Gasteiger partial charge in [-0.15, -0.1) is 10.2 Å². The van der Waals surface area contributed by atoms with Crippen LogP contribution in [0.15, 0.2) is 5.16 Å². The molecule has 2 unspecified atom stereocenters. The van der Waals surface area contributed by atoms with Crippen LogP contribution in [0.25, 0.3) is 0 Å². The van der Waals surface area contributed by atoms with Crippen molar-refractivity contribution < 1.29 is 4.79 Å². The van der Waals surface area contributed by atoms with E-state index in [1.54, 1.807) is 11.8 Å². The van der Waals surface area contributed by atoms with Gasteiger partial charge in [0, 0.05) is 24.5 Å². The van der Waals surface area contributed by atoms with Crippen LogP contribution in [0.1, 0.15) is 82.0 Å². The third-order valence-corrected chi connectivity index (χ3v) is 7.36. The van der Waals surface area contributed by atoms with Crippen molar-refractivity contribution in [2.75, 3.05) is 12.3 Å². The van der Waals surface area contributed by atoms with E-state index in [0.29, 0.717) is 29.7 Å². The minimum absolute atomic E-state index is 0.319. The maximum Gasteiger partial charge on any atom is 0.233 e. The van der Waals surface area contributed by atoms with Crippen molar-refractivity contribution in [1.82, 2.24) is 19.7 Å². The Bertz CT molecular complexity index is 650. The Hall–Kier alpha value is -1.04. The Balaban J connectivity index is 1.26. The summed E-state index contributed by atoms with van der Waals surface area (Å²) >= 11 is 1.62. The van der Waals surface area contributed by atoms with Gasteiger partial charge in [0.1, 0.15) is 5.82 Å². The lowest BCUT2D eigenvalue weighted by Crippen LogP contribution is -2.50. The van der Waals surface area contributed by atoms with Gasteiger partial charge < -0.3 is 9.47 Å². The summed E-state index contributed by atoms with van der Waals surface area (Å²) in [6, 6.07) is 1.11. The minimum Gasteiger partial charge on any atom is -0.339 e. The van der Waals surface area contributed by atoms with Crippen molar-refractivity contribution in [3.63, 3.8) is 0 Å². The van der Waals surface area contributed by atoms with Crippen molar-refractivity contribution in [3.05, 3.63) is 5.82 Å². The van der Waals surface area contributed by atoms with Crippen LogP contribution in [-0.4, -0.2) is 43.9 Å². The lowest BCUT2D eigenvalue weighted by atomic mass is 9.78. The molecule has 2 heterocycles. The van der Waals surface area contributed by atoms with E-state index in [0.717, 1.165) is 17.6 Å². The number of carbonyl (C=O) groups is 1. The second-order valence-corrected chi connectivity index (χ2v) is 9.29. The molecule has 0 spiro atoms. The fourth-order valence-electron chi connectivity index (χ4n) is 4.83. The SMILES string of the molecule is O=C(CSc1nnc(C2CC2)n1C1CC1)N1CCCC2CCCCC21. The van der Waals surface area contributed by atoms with Crippen LogP contribution in [-0.2, 0) is 4.79 Å². The predicted molar refractivity (Wildman–Crippen MR) is 97.7 cm³/mol. The molecule has 6 heteroatoms. The number of piperidine rings is 1. The molecule has 1 amide bonds. The number of likely N-dealkylation sites (tertiary alicyclic amines) is 1. The van der Waals surface area contributed by atoms with Crippen LogP contribution < -0.4 is 0 Å². The summed E-state index contributed by atoms with van der Waals surface area (Å²) in [6.07, 6.45) is 12.7. The molecule has 3 aliphatic carbocycles. The second-order valence-electron chi connectivity index (χ2n) is 8.35. The number of hydrogen-bond acceptors (Lipinski definition) is 4. The molecular weight excluding hydrogens is 332 g/mol. The number of carbonyl (C=O) groups excluding carboxylic acids is 1. The van der Waals surface area contributed by atoms with Gasteiger partial charge in [0.2, 0.25) is 5.91 Å². The molecule has 4 aliphatic rings. The average Bonchev–Trinajstić information content (AvgIpc) is 3.58. The number of rotatable bonds is 5. The monoisotopic (exact) mass is 360 g/mol. The number of fused-ring (bicyclic) bond motifs is 1. The highest BCUT2D eigenvalue weighted by atomic mass is 32.2. The Morgan fingerprint density at radius 1 is 1.00 bits per heavy atom. The summed E-state index contributed by atoms with van der Waals surface area (Å²) in [5.74, 6) is 3.41. The highest BCUT2D eigenvalue weighted by molar-refractivity contribution is 7.99. The van der Waals surface area contributed by atoms with Gasteiger partial charge in [-0.3, -0.25) is 4.79 Å². The van der Waals surface area contributed by atoms with Gasteiger partial charge in [0.25, 0.3) is 0 Å². The maximum atomic E-state index is 12.9. The summed E-state index contributed by atoms with van der Waals surface area (Å²) in [7, 11) is 0. The predicted octanol–water partition coefficient (Wildman–Crippen LogP) is 3.76. The first-order chi connectivity index (χ1) is 12.3. The fourth-order valence-corrected chi connectivity index (χ4v) is 5.72. The van der Waals surface area contributed by atoms with Gasteiger partial charge >= 0.3 is 0 Å². The molecule has 3 saturated carbocycles. The quantitative estimate of drug-likeness (QED) is 0.750. The molecule has 1 aliphatic heterocycles. The first-order valence-corrected chi connectivity index (χ1v) is 11.2. The number of hydrogen-bond donors (Lipinski definition) is 0. The lowest BCUT2D eigenvalue weighted by Gasteiger charge is -2.44. The Morgan fingerprint density at radius 3 is 2.60 bits per heavy atom. The first kappa shape index (κ1) is 16.2. The number of nitrogens with zero attached hydrogens (tertiary/aromatic N) is 4. The first-order valence-electron chi connectivity index (χ1n) is 10.2. The molecule has 1 aromatic heterocycles. The Labute approximate surface area is 153 Å². The largest absolute Gasteiger partial charge is 0.339 e. The number of aromatic nitrogens is 3. The fraction of sp³-hybridized carbons (Fsp3) is 0.842. The molecule has 2 atom stereocenters. The van der Waals surface area contributed by atoms with Crippen molar-refractivity contribution in [2.45, 2.75) is 87.4 Å². The summed E-state index contributed by atoms with van der Waals surface area (Å²) in [6.45, 7) is 0.962. The standard InChI is InChI=1S/C19H28N4OS/c24-17(22-11-3-5-13-4-1-2-6-16(13)22)12-25-19-21-20-18(14-7-8-14)23(19)15-9-10-15/h13-16H,1-12H2. The molecule has 136 valence electrons. The van der Waals surface area contributed by atoms with E-state index in [4.69, 9.17) is 0 Å². The van der Waals surface area contributed by atoms with Gasteiger partial charge in [0.05, 0.1) is 5.75 Å². The van der Waals surface area contributed by atoms with E-state index in [9.17, 15) is 4.79 Å². The molecule has 25 heavy (non-hydrogen) atoms. The van der Waals surface area contributed by atoms with Crippen LogP contribution >= 0.6 is 11.8 Å². The molecule has 0 radical (unpaired) electrons. The van der Waals surface area contributed by atoms with Gasteiger partial charge in [-0.05, 0) is 57.3 Å². The third kappa shape index (κ3) is 3.22. The van der Waals surface area contributed by atoms with Gasteiger partial charge in [-0.25, -0.2) is 0 Å². The maximum absolute atomic E-state index is 12.9. The zero-order valence-corrected chi connectivity index (χ0v) is 15.7. The van der Waals surface area contributed by atoms with Crippen molar-refractivity contribution in [2.24, 2.45) is 5.92 Å². The Kier molecular flexibility index (Phi) is 4.27. The van der Waals surface area contributed by atoms with Crippen LogP contribution in [0.4, 0.5) is 0 Å². The van der Waals surface area contributed by atoms with E-state index >= 15 is 0 Å². The third-order valence-electron chi connectivity index (χ3n) is 6.43. The zero-order chi connectivity index (χ0) is 16.8. The Morgan fingerprint density at radius 2 is 1.80 bits per heavy atom. The summed E-state index contributed by atoms with van der Waals surface area (Å²) in [5, 5.41) is 9.89. The van der Waals surface area contributed by atoms with Crippen molar-refractivity contribution >= 4 is 17.7 Å². The second kappa shape index (κ2) is 6.60. The average molecular weight is 361 g/mol. The van der Waals surface area contributed by atoms with Crippen molar-refractivity contribution in [1.29, 1.82) is 0 Å². The van der Waals surface area contributed by atoms with Crippen molar-refractivity contribution in [3.8, 4) is 0 Å². The summed E-state index contributed by atoms with van der Waals surface area (Å²) in [4.78, 5) is 15.1. The zero-order valence-electron chi connectivity index (χ0n) is 14.9. The van der Waals surface area contributed by atoms with Crippen LogP contribution in [0, 0.1) is 5.92 Å². The molecule has 5 nitrogen and oxygen atoms in total. The molecule has 5 rings (SSSR count). The smallest absolute Gasteiger partial charge is 0.233 e. The highest BCUT2D eigenvalue weighted by Gasteiger charge is 2.38. The minimum atomic E-state index is 0.319. The molecular formula is C19H28N4OS. The number of amides is 1. The van der Waals surface area contributed by atoms with Crippen LogP contribution in [0.2, 0.25) is 0 Å². The normalized spacial score (nSPS) is 29.5. The van der Waals surface area contributed by atoms with Gasteiger partial charge in [-0.2, -0.15) is 0 Å². The van der Waals surface area contributed by atoms with Gasteiger partial charge in [-0.1, -0.05) is 24.6 Å². The molecule has 1 saturated heterocycles. The van der Waals surface area contributed by atoms with E-state index in [-0.39, 0.29) is 0 Å². The summed E-state index contributed by atoms with van der Waals surface area (Å²) in [5.41, 5.74) is 0. The van der Waals surface area contributed by atoms with E-state index in [2.05, 4.69) is 19.7 Å². The van der Waals surface area contributed by atoms with E-state index in [1.807, 2.05) is 0 Å². The molecule has 1 aromatic rings. The molecule has 0 bridgehead atoms. The van der Waals surface area contributed by atoms with Gasteiger partial charge in [0.15, 0.2) is 5.16 Å². The lowest BCUT2D eigenvalue weighted by molar-refractivity contribution is -0.134. The van der Waals surface area contributed by atoms with E-state index < -0.39 is 0 Å². The van der Waals surface area contributed by atoms with E-state index in [1.165, 1.54) is 70.0 Å². The number of thioether (sulfide) groups is 1. The molecule has 0 N–H and O–H groups in total. The summed E-state index contributed by atoms with van der Waals surface area (Å²) < 4.78 is 2.36. The molecule has 4 fully saturated rings. The highest BCUT2D eigenvalue weighted by Crippen LogP contribution is 2.46. The van der Waals surface area contributed by atoms with Crippen LogP contribution in [0.3, 0.4) is 0 Å².